The standard InChI is InChI=1S/C14H16N2O/c1-10(2)11-4-12(7-15-6-11)13-5-14(17-3)9-16-8-13/h4-10H,1-3H3. The van der Waals surface area contributed by atoms with Crippen molar-refractivity contribution in [3.05, 3.63) is 42.5 Å². The largest absolute Gasteiger partial charge is 0.495 e. The predicted octanol–water partition coefficient (Wildman–Crippen LogP) is 3.28. The molecule has 0 amide bonds. The van der Waals surface area contributed by atoms with Crippen molar-refractivity contribution in [1.29, 1.82) is 0 Å². The molecule has 0 saturated heterocycles. The van der Waals surface area contributed by atoms with Crippen molar-refractivity contribution >= 4 is 0 Å². The minimum Gasteiger partial charge on any atom is -0.495 e. The Labute approximate surface area is 102 Å². The molecule has 0 atom stereocenters. The molecule has 0 aromatic carbocycles. The molecule has 88 valence electrons. The van der Waals surface area contributed by atoms with Crippen molar-refractivity contribution in [2.75, 3.05) is 7.11 Å². The van der Waals surface area contributed by atoms with Crippen LogP contribution in [-0.2, 0) is 0 Å². The van der Waals surface area contributed by atoms with Crippen LogP contribution in [-0.4, -0.2) is 17.1 Å². The van der Waals surface area contributed by atoms with E-state index < -0.39 is 0 Å². The van der Waals surface area contributed by atoms with Crippen LogP contribution in [0.25, 0.3) is 11.1 Å². The van der Waals surface area contributed by atoms with Gasteiger partial charge in [-0.05, 0) is 23.6 Å². The number of ether oxygens (including phenoxy) is 1. The number of aromatic nitrogens is 2. The van der Waals surface area contributed by atoms with Gasteiger partial charge in [0.2, 0.25) is 0 Å². The van der Waals surface area contributed by atoms with Crippen molar-refractivity contribution in [1.82, 2.24) is 9.97 Å². The van der Waals surface area contributed by atoms with Crippen molar-refractivity contribution in [3.63, 3.8) is 0 Å². The molecule has 0 bridgehead atoms. The molecule has 0 aliphatic rings. The average Bonchev–Trinajstić information content (AvgIpc) is 2.39. The fraction of sp³-hybridized carbons (Fsp3) is 0.286. The van der Waals surface area contributed by atoms with Crippen LogP contribution in [0.3, 0.4) is 0 Å². The normalized spacial score (nSPS) is 10.6. The summed E-state index contributed by atoms with van der Waals surface area (Å²) >= 11 is 0. The molecular formula is C14H16N2O. The van der Waals surface area contributed by atoms with Gasteiger partial charge in [0.05, 0.1) is 13.3 Å². The van der Waals surface area contributed by atoms with E-state index in [0.717, 1.165) is 16.9 Å². The Bertz CT molecular complexity index is 509. The second kappa shape index (κ2) is 4.95. The van der Waals surface area contributed by atoms with Gasteiger partial charge in [0.15, 0.2) is 0 Å². The van der Waals surface area contributed by atoms with Gasteiger partial charge in [-0.2, -0.15) is 0 Å². The first-order chi connectivity index (χ1) is 8.20. The Balaban J connectivity index is 2.41. The van der Waals surface area contributed by atoms with E-state index in [4.69, 9.17) is 4.74 Å². The van der Waals surface area contributed by atoms with Gasteiger partial charge in [-0.1, -0.05) is 13.8 Å². The van der Waals surface area contributed by atoms with E-state index in [1.165, 1.54) is 5.56 Å². The van der Waals surface area contributed by atoms with Gasteiger partial charge in [-0.15, -0.1) is 0 Å². The predicted molar refractivity (Wildman–Crippen MR) is 68.1 cm³/mol. The van der Waals surface area contributed by atoms with Crippen molar-refractivity contribution in [3.8, 4) is 16.9 Å². The third-order valence-electron chi connectivity index (χ3n) is 2.71. The molecule has 0 saturated carbocycles. The van der Waals surface area contributed by atoms with Crippen LogP contribution in [0.15, 0.2) is 36.9 Å². The van der Waals surface area contributed by atoms with Crippen molar-refractivity contribution < 1.29 is 4.74 Å². The van der Waals surface area contributed by atoms with E-state index in [1.807, 2.05) is 24.7 Å². The van der Waals surface area contributed by atoms with Crippen LogP contribution in [0.5, 0.6) is 5.75 Å². The molecule has 2 rings (SSSR count). The molecule has 0 fully saturated rings. The van der Waals surface area contributed by atoms with Crippen molar-refractivity contribution in [2.24, 2.45) is 0 Å². The molecule has 3 nitrogen and oxygen atoms in total. The molecule has 3 heteroatoms. The van der Waals surface area contributed by atoms with E-state index in [2.05, 4.69) is 29.9 Å². The molecule has 0 aliphatic carbocycles. The summed E-state index contributed by atoms with van der Waals surface area (Å²) in [6.07, 6.45) is 7.27. The Morgan fingerprint density at radius 3 is 2.24 bits per heavy atom. The van der Waals surface area contributed by atoms with Crippen LogP contribution in [0.1, 0.15) is 25.3 Å². The van der Waals surface area contributed by atoms with Gasteiger partial charge < -0.3 is 4.74 Å². The van der Waals surface area contributed by atoms with Crippen LogP contribution < -0.4 is 4.74 Å². The first-order valence-electron chi connectivity index (χ1n) is 5.65. The fourth-order valence-electron chi connectivity index (χ4n) is 1.62. The second-order valence-electron chi connectivity index (χ2n) is 4.28. The lowest BCUT2D eigenvalue weighted by molar-refractivity contribution is 0.413. The summed E-state index contributed by atoms with van der Waals surface area (Å²) in [4.78, 5) is 8.42. The molecule has 0 spiro atoms. The SMILES string of the molecule is COc1cncc(-c2cncc(C(C)C)c2)c1. The molecule has 2 heterocycles. The summed E-state index contributed by atoms with van der Waals surface area (Å²) in [6.45, 7) is 4.31. The molecule has 2 aromatic heterocycles. The number of rotatable bonds is 3. The quantitative estimate of drug-likeness (QED) is 0.808. The molecule has 0 aliphatic heterocycles. The minimum absolute atomic E-state index is 0.473. The number of pyridine rings is 2. The maximum Gasteiger partial charge on any atom is 0.137 e. The van der Waals surface area contributed by atoms with Gasteiger partial charge in [0.1, 0.15) is 5.75 Å². The molecule has 0 radical (unpaired) electrons. The summed E-state index contributed by atoms with van der Waals surface area (Å²) in [6, 6.07) is 4.11. The van der Waals surface area contributed by atoms with Gasteiger partial charge in [0.25, 0.3) is 0 Å². The summed E-state index contributed by atoms with van der Waals surface area (Å²) in [5, 5.41) is 0. The maximum absolute atomic E-state index is 5.17. The topological polar surface area (TPSA) is 35.0 Å². The Hall–Kier alpha value is -1.90. The highest BCUT2D eigenvalue weighted by atomic mass is 16.5. The summed E-state index contributed by atoms with van der Waals surface area (Å²) < 4.78 is 5.17. The first-order valence-corrected chi connectivity index (χ1v) is 5.65. The maximum atomic E-state index is 5.17. The van der Waals surface area contributed by atoms with Crippen LogP contribution in [0, 0.1) is 0 Å². The van der Waals surface area contributed by atoms with Crippen LogP contribution in [0.2, 0.25) is 0 Å². The molecule has 2 aromatic rings. The summed E-state index contributed by atoms with van der Waals surface area (Å²) in [5.74, 6) is 1.23. The average molecular weight is 228 g/mol. The number of hydrogen-bond acceptors (Lipinski definition) is 3. The van der Waals surface area contributed by atoms with Gasteiger partial charge in [0, 0.05) is 29.7 Å². The minimum atomic E-state index is 0.473. The van der Waals surface area contributed by atoms with Crippen LogP contribution >= 0.6 is 0 Å². The third kappa shape index (κ3) is 2.61. The number of hydrogen-bond donors (Lipinski definition) is 0. The zero-order chi connectivity index (χ0) is 12.3. The fourth-order valence-corrected chi connectivity index (χ4v) is 1.62. The smallest absolute Gasteiger partial charge is 0.137 e. The Morgan fingerprint density at radius 1 is 0.941 bits per heavy atom. The highest BCUT2D eigenvalue weighted by Gasteiger charge is 2.04. The molecule has 0 N–H and O–H groups in total. The zero-order valence-electron chi connectivity index (χ0n) is 10.3. The summed E-state index contributed by atoms with van der Waals surface area (Å²) in [5.41, 5.74) is 3.33. The van der Waals surface area contributed by atoms with Gasteiger partial charge in [-0.3, -0.25) is 9.97 Å². The number of methoxy groups -OCH3 is 1. The second-order valence-corrected chi connectivity index (χ2v) is 4.28. The van der Waals surface area contributed by atoms with E-state index in [0.29, 0.717) is 5.92 Å². The van der Waals surface area contributed by atoms with E-state index >= 15 is 0 Å². The lowest BCUT2D eigenvalue weighted by atomic mass is 10.0. The Kier molecular flexibility index (Phi) is 3.38. The van der Waals surface area contributed by atoms with E-state index in [-0.39, 0.29) is 0 Å². The van der Waals surface area contributed by atoms with E-state index in [1.54, 1.807) is 13.3 Å². The molecule has 17 heavy (non-hydrogen) atoms. The van der Waals surface area contributed by atoms with E-state index in [9.17, 15) is 0 Å². The zero-order valence-corrected chi connectivity index (χ0v) is 10.3. The van der Waals surface area contributed by atoms with Gasteiger partial charge >= 0.3 is 0 Å². The number of nitrogens with zero attached hydrogens (tertiary/aromatic N) is 2. The monoisotopic (exact) mass is 228 g/mol. The summed E-state index contributed by atoms with van der Waals surface area (Å²) in [7, 11) is 1.64. The highest BCUT2D eigenvalue weighted by molar-refractivity contribution is 5.63. The molecular weight excluding hydrogens is 212 g/mol. The Morgan fingerprint density at radius 2 is 1.59 bits per heavy atom. The lowest BCUT2D eigenvalue weighted by Crippen LogP contribution is -1.91. The molecule has 0 unspecified atom stereocenters. The van der Waals surface area contributed by atoms with Gasteiger partial charge in [-0.25, -0.2) is 0 Å². The lowest BCUT2D eigenvalue weighted by Gasteiger charge is -2.08. The highest BCUT2D eigenvalue weighted by Crippen LogP contribution is 2.24. The van der Waals surface area contributed by atoms with Crippen molar-refractivity contribution in [2.45, 2.75) is 19.8 Å². The first kappa shape index (κ1) is 11.6. The third-order valence-corrected chi connectivity index (χ3v) is 2.71. The van der Waals surface area contributed by atoms with Crippen LogP contribution in [0.4, 0.5) is 0 Å².